The number of hydrogen-bond acceptors (Lipinski definition) is 5. The molecule has 0 aliphatic carbocycles. The minimum absolute atomic E-state index is 0.114. The molecule has 0 saturated carbocycles. The molecule has 114 valence electrons. The number of nitrogens with two attached hydrogens (primary N) is 1. The first-order valence-corrected chi connectivity index (χ1v) is 8.48. The fourth-order valence-electron chi connectivity index (χ4n) is 2.48. The van der Waals surface area contributed by atoms with Gasteiger partial charge >= 0.3 is 0 Å². The molecule has 0 bridgehead atoms. The minimum atomic E-state index is -0.114. The Bertz CT molecular complexity index is 1120. The lowest BCUT2D eigenvalue weighted by Gasteiger charge is -2.05. The molecular formula is C16H11BrN4OS. The molecule has 1 aromatic carbocycles. The molecule has 0 spiro atoms. The second kappa shape index (κ2) is 5.14. The summed E-state index contributed by atoms with van der Waals surface area (Å²) in [5, 5.41) is 0.729. The molecule has 0 fully saturated rings. The van der Waals surface area contributed by atoms with E-state index in [2.05, 4.69) is 25.9 Å². The van der Waals surface area contributed by atoms with Crippen LogP contribution in [0.25, 0.3) is 26.1 Å². The van der Waals surface area contributed by atoms with E-state index in [0.717, 1.165) is 16.6 Å². The van der Waals surface area contributed by atoms with Crippen molar-refractivity contribution < 1.29 is 0 Å². The Kier molecular flexibility index (Phi) is 3.21. The van der Waals surface area contributed by atoms with Crippen LogP contribution in [0.4, 0.5) is 5.69 Å². The largest absolute Gasteiger partial charge is 0.397 e. The summed E-state index contributed by atoms with van der Waals surface area (Å²) in [4.78, 5) is 22.3. The molecule has 3 heterocycles. The van der Waals surface area contributed by atoms with Gasteiger partial charge in [-0.05, 0) is 35.0 Å². The van der Waals surface area contributed by atoms with Gasteiger partial charge in [0.15, 0.2) is 0 Å². The van der Waals surface area contributed by atoms with Gasteiger partial charge in [-0.1, -0.05) is 17.7 Å². The Morgan fingerprint density at radius 2 is 1.96 bits per heavy atom. The number of pyridine rings is 1. The number of nitrogens with zero attached hydrogens (tertiary/aromatic N) is 3. The van der Waals surface area contributed by atoms with Crippen LogP contribution in [0.15, 0.2) is 46.1 Å². The molecule has 0 radical (unpaired) electrons. The van der Waals surface area contributed by atoms with Crippen LogP contribution in [0.3, 0.4) is 0 Å². The van der Waals surface area contributed by atoms with Gasteiger partial charge in [0.05, 0.1) is 21.2 Å². The zero-order chi connectivity index (χ0) is 16.1. The van der Waals surface area contributed by atoms with Crippen molar-refractivity contribution in [3.05, 3.63) is 57.2 Å². The first-order chi connectivity index (χ1) is 11.1. The maximum absolute atomic E-state index is 12.8. The Labute approximate surface area is 143 Å². The fraction of sp³-hybridized carbons (Fsp3) is 0.0625. The molecule has 0 aliphatic rings. The molecule has 7 heteroatoms. The smallest absolute Gasteiger partial charge is 0.275 e. The number of aryl methyl sites for hydroxylation is 1. The standard InChI is InChI=1S/C16H11BrN4OS/c1-8-2-4-9(5-3-8)21-7-20-13-11-12(18)10(17)6-19-15(11)23-14(13)16(21)22/h2-7H,1H3,(H2,18,19). The summed E-state index contributed by atoms with van der Waals surface area (Å²) in [5.74, 6) is 0. The first kappa shape index (κ1) is 14.3. The van der Waals surface area contributed by atoms with E-state index in [0.29, 0.717) is 25.2 Å². The van der Waals surface area contributed by atoms with Gasteiger partial charge in [-0.15, -0.1) is 11.3 Å². The van der Waals surface area contributed by atoms with Crippen molar-refractivity contribution in [2.75, 3.05) is 5.73 Å². The number of rotatable bonds is 1. The van der Waals surface area contributed by atoms with Gasteiger partial charge in [0.1, 0.15) is 21.4 Å². The molecule has 0 aliphatic heterocycles. The molecule has 4 aromatic rings. The Balaban J connectivity index is 2.06. The highest BCUT2D eigenvalue weighted by atomic mass is 79.9. The van der Waals surface area contributed by atoms with Gasteiger partial charge in [-0.2, -0.15) is 0 Å². The number of fused-ring (bicyclic) bond motifs is 3. The monoisotopic (exact) mass is 386 g/mol. The predicted octanol–water partition coefficient (Wildman–Crippen LogP) is 3.65. The van der Waals surface area contributed by atoms with E-state index in [1.54, 1.807) is 17.1 Å². The lowest BCUT2D eigenvalue weighted by atomic mass is 10.2. The van der Waals surface area contributed by atoms with Crippen molar-refractivity contribution in [2.24, 2.45) is 0 Å². The summed E-state index contributed by atoms with van der Waals surface area (Å²) >= 11 is 4.68. The van der Waals surface area contributed by atoms with Crippen LogP contribution in [0.5, 0.6) is 0 Å². The number of thiophene rings is 1. The summed E-state index contributed by atoms with van der Waals surface area (Å²) in [6, 6.07) is 7.74. The first-order valence-electron chi connectivity index (χ1n) is 6.87. The van der Waals surface area contributed by atoms with Crippen LogP contribution >= 0.6 is 27.3 Å². The van der Waals surface area contributed by atoms with Crippen molar-refractivity contribution in [2.45, 2.75) is 6.92 Å². The van der Waals surface area contributed by atoms with Gasteiger partial charge in [0.25, 0.3) is 5.56 Å². The van der Waals surface area contributed by atoms with Gasteiger partial charge in [-0.25, -0.2) is 9.97 Å². The molecule has 23 heavy (non-hydrogen) atoms. The van der Waals surface area contributed by atoms with Crippen molar-refractivity contribution in [1.82, 2.24) is 14.5 Å². The van der Waals surface area contributed by atoms with Crippen LogP contribution in [-0.2, 0) is 0 Å². The summed E-state index contributed by atoms with van der Waals surface area (Å²) in [6.07, 6.45) is 3.19. The van der Waals surface area contributed by atoms with Crippen molar-refractivity contribution in [3.63, 3.8) is 0 Å². The molecule has 3 aromatic heterocycles. The second-order valence-corrected chi connectivity index (χ2v) is 7.09. The highest BCUT2D eigenvalue weighted by molar-refractivity contribution is 9.10. The minimum Gasteiger partial charge on any atom is -0.397 e. The third-order valence-corrected chi connectivity index (χ3v) is 5.42. The van der Waals surface area contributed by atoms with E-state index < -0.39 is 0 Å². The van der Waals surface area contributed by atoms with Crippen LogP contribution in [0.1, 0.15) is 5.56 Å². The van der Waals surface area contributed by atoms with E-state index in [9.17, 15) is 4.79 Å². The van der Waals surface area contributed by atoms with Crippen LogP contribution in [0, 0.1) is 6.92 Å². The van der Waals surface area contributed by atoms with Crippen molar-refractivity contribution in [3.8, 4) is 5.69 Å². The number of aromatic nitrogens is 3. The zero-order valence-corrected chi connectivity index (χ0v) is 14.5. The van der Waals surface area contributed by atoms with E-state index in [4.69, 9.17) is 5.73 Å². The Morgan fingerprint density at radius 1 is 1.22 bits per heavy atom. The highest BCUT2D eigenvalue weighted by Gasteiger charge is 2.16. The van der Waals surface area contributed by atoms with Gasteiger partial charge in [-0.3, -0.25) is 9.36 Å². The molecule has 0 amide bonds. The summed E-state index contributed by atoms with van der Waals surface area (Å²) in [6.45, 7) is 2.01. The Hall–Kier alpha value is -2.25. The highest BCUT2D eigenvalue weighted by Crippen LogP contribution is 2.36. The maximum atomic E-state index is 12.8. The maximum Gasteiger partial charge on any atom is 0.275 e. The number of benzene rings is 1. The van der Waals surface area contributed by atoms with Gasteiger partial charge < -0.3 is 5.73 Å². The average molecular weight is 387 g/mol. The normalized spacial score (nSPS) is 11.4. The molecule has 0 saturated heterocycles. The summed E-state index contributed by atoms with van der Waals surface area (Å²) < 4.78 is 2.80. The summed E-state index contributed by atoms with van der Waals surface area (Å²) in [7, 11) is 0. The number of hydrogen-bond donors (Lipinski definition) is 1. The SMILES string of the molecule is Cc1ccc(-n2cnc3c(sc4ncc(Br)c(N)c43)c2=O)cc1. The number of nitrogen functional groups attached to an aromatic ring is 1. The van der Waals surface area contributed by atoms with E-state index in [1.165, 1.54) is 11.3 Å². The van der Waals surface area contributed by atoms with Crippen molar-refractivity contribution in [1.29, 1.82) is 0 Å². The predicted molar refractivity (Wildman–Crippen MR) is 97.4 cm³/mol. The van der Waals surface area contributed by atoms with E-state index in [-0.39, 0.29) is 5.56 Å². The molecule has 0 atom stereocenters. The second-order valence-electron chi connectivity index (χ2n) is 5.24. The van der Waals surface area contributed by atoms with Crippen molar-refractivity contribution >= 4 is 53.4 Å². The lowest BCUT2D eigenvalue weighted by Crippen LogP contribution is -2.17. The van der Waals surface area contributed by atoms with Crippen LogP contribution in [0.2, 0.25) is 0 Å². The molecule has 2 N–H and O–H groups in total. The molecule has 5 nitrogen and oxygen atoms in total. The van der Waals surface area contributed by atoms with E-state index >= 15 is 0 Å². The molecule has 4 rings (SSSR count). The van der Waals surface area contributed by atoms with Crippen LogP contribution in [-0.4, -0.2) is 14.5 Å². The average Bonchev–Trinajstić information content (AvgIpc) is 2.93. The molecule has 0 unspecified atom stereocenters. The van der Waals surface area contributed by atoms with E-state index in [1.807, 2.05) is 31.2 Å². The third-order valence-electron chi connectivity index (χ3n) is 3.71. The van der Waals surface area contributed by atoms with Gasteiger partial charge in [0.2, 0.25) is 0 Å². The fourth-order valence-corrected chi connectivity index (χ4v) is 3.83. The van der Waals surface area contributed by atoms with Gasteiger partial charge in [0, 0.05) is 6.20 Å². The number of anilines is 1. The third kappa shape index (κ3) is 2.15. The lowest BCUT2D eigenvalue weighted by molar-refractivity contribution is 0.967. The Morgan fingerprint density at radius 3 is 2.70 bits per heavy atom. The quantitative estimate of drug-likeness (QED) is 0.541. The zero-order valence-electron chi connectivity index (χ0n) is 12.1. The van der Waals surface area contributed by atoms with Crippen LogP contribution < -0.4 is 11.3 Å². The summed E-state index contributed by atoms with van der Waals surface area (Å²) in [5.41, 5.74) is 9.09. The topological polar surface area (TPSA) is 73.8 Å². The number of halogens is 1. The molecular weight excluding hydrogens is 376 g/mol.